The molecule has 1 amide bonds. The van der Waals surface area contributed by atoms with E-state index in [4.69, 9.17) is 16.3 Å². The van der Waals surface area contributed by atoms with Gasteiger partial charge in [-0.3, -0.25) is 19.3 Å². The van der Waals surface area contributed by atoms with Gasteiger partial charge in [-0.05, 0) is 44.5 Å². The van der Waals surface area contributed by atoms with Crippen molar-refractivity contribution < 1.29 is 14.3 Å². The van der Waals surface area contributed by atoms with Crippen LogP contribution in [-0.4, -0.2) is 30.0 Å². The quantitative estimate of drug-likeness (QED) is 0.837. The molecular formula is C19H19ClN2O4. The number of aryl methyl sites for hydroxylation is 1. The van der Waals surface area contributed by atoms with Crippen LogP contribution in [-0.2, 0) is 14.3 Å². The maximum absolute atomic E-state index is 13.1. The Balaban J connectivity index is 2.25. The summed E-state index contributed by atoms with van der Waals surface area (Å²) in [6.45, 7) is 5.12. The van der Waals surface area contributed by atoms with Crippen molar-refractivity contribution in [2.45, 2.75) is 26.7 Å². The molecule has 1 aromatic heterocycles. The summed E-state index contributed by atoms with van der Waals surface area (Å²) in [7, 11) is 0. The number of nitrogens with zero attached hydrogens (tertiary/aromatic N) is 1. The zero-order chi connectivity index (χ0) is 19.0. The summed E-state index contributed by atoms with van der Waals surface area (Å²) in [5.41, 5.74) is 2.60. The van der Waals surface area contributed by atoms with E-state index in [-0.39, 0.29) is 24.6 Å². The highest BCUT2D eigenvalue weighted by atomic mass is 35.5. The zero-order valence-electron chi connectivity index (χ0n) is 14.8. The molecule has 0 fully saturated rings. The Bertz CT molecular complexity index is 951. The molecular weight excluding hydrogens is 356 g/mol. The van der Waals surface area contributed by atoms with Crippen LogP contribution < -0.4 is 10.5 Å². The molecule has 0 saturated carbocycles. The number of pyridine rings is 1. The lowest BCUT2D eigenvalue weighted by Gasteiger charge is -2.24. The minimum Gasteiger partial charge on any atom is -0.465 e. The summed E-state index contributed by atoms with van der Waals surface area (Å²) in [4.78, 5) is 41.6. The Labute approximate surface area is 155 Å². The normalized spacial score (nSPS) is 15.9. The van der Waals surface area contributed by atoms with Gasteiger partial charge in [-0.1, -0.05) is 17.7 Å². The number of esters is 1. The number of aromatic amines is 1. The fraction of sp³-hybridized carbons (Fsp3) is 0.316. The Morgan fingerprint density at radius 1 is 1.31 bits per heavy atom. The van der Waals surface area contributed by atoms with Gasteiger partial charge in [0.05, 0.1) is 23.9 Å². The van der Waals surface area contributed by atoms with Crippen molar-refractivity contribution in [3.05, 3.63) is 50.8 Å². The van der Waals surface area contributed by atoms with Crippen LogP contribution in [0.4, 0.5) is 5.69 Å². The van der Waals surface area contributed by atoms with Crippen molar-refractivity contribution in [1.82, 2.24) is 4.98 Å². The zero-order valence-corrected chi connectivity index (χ0v) is 15.5. The van der Waals surface area contributed by atoms with Gasteiger partial charge in [-0.25, -0.2) is 0 Å². The predicted molar refractivity (Wildman–Crippen MR) is 99.6 cm³/mol. The molecule has 0 saturated heterocycles. The first kappa shape index (κ1) is 18.2. The fourth-order valence-electron chi connectivity index (χ4n) is 3.14. The van der Waals surface area contributed by atoms with Crippen LogP contribution >= 0.6 is 11.6 Å². The molecule has 1 aliphatic rings. The molecule has 1 aromatic carbocycles. The number of aromatic nitrogens is 1. The second kappa shape index (κ2) is 6.96. The van der Waals surface area contributed by atoms with E-state index in [0.717, 1.165) is 0 Å². The molecule has 6 nitrogen and oxygen atoms in total. The first-order valence-electron chi connectivity index (χ1n) is 8.34. The van der Waals surface area contributed by atoms with E-state index in [1.165, 1.54) is 4.90 Å². The largest absolute Gasteiger partial charge is 0.465 e. The average Bonchev–Trinajstić information content (AvgIpc) is 2.67. The highest BCUT2D eigenvalue weighted by molar-refractivity contribution is 6.30. The number of hydrogen-bond acceptors (Lipinski definition) is 4. The van der Waals surface area contributed by atoms with Crippen LogP contribution in [0.1, 0.15) is 30.9 Å². The third kappa shape index (κ3) is 3.12. The van der Waals surface area contributed by atoms with Crippen LogP contribution in [0.2, 0.25) is 5.02 Å². The molecule has 1 unspecified atom stereocenters. The number of fused-ring (bicyclic) bond motifs is 3. The standard InChI is InChI=1S/C19H19ClN2O4/c1-4-26-16(23)9-22-15-7-10(2)18(24)21-17(15)13-6-5-12(20)8-14(13)11(3)19(22)25/h5-8,11H,4,9H2,1-3H3,(H,21,24). The molecule has 2 aromatic rings. The number of hydrogen-bond donors (Lipinski definition) is 1. The van der Waals surface area contributed by atoms with Crippen LogP contribution in [0, 0.1) is 6.92 Å². The molecule has 0 spiro atoms. The third-order valence-corrected chi connectivity index (χ3v) is 4.71. The van der Waals surface area contributed by atoms with Crippen molar-refractivity contribution in [2.75, 3.05) is 18.1 Å². The molecule has 0 aliphatic carbocycles. The summed E-state index contributed by atoms with van der Waals surface area (Å²) in [6.07, 6.45) is 0. The number of rotatable bonds is 3. The van der Waals surface area contributed by atoms with Crippen LogP contribution in [0.3, 0.4) is 0 Å². The third-order valence-electron chi connectivity index (χ3n) is 4.48. The Morgan fingerprint density at radius 2 is 2.04 bits per heavy atom. The second-order valence-corrected chi connectivity index (χ2v) is 6.66. The molecule has 26 heavy (non-hydrogen) atoms. The topological polar surface area (TPSA) is 79.5 Å². The number of carbonyl (C=O) groups excluding carboxylic acids is 2. The van der Waals surface area contributed by atoms with Crippen molar-refractivity contribution in [2.24, 2.45) is 0 Å². The monoisotopic (exact) mass is 374 g/mol. The summed E-state index contributed by atoms with van der Waals surface area (Å²) in [6, 6.07) is 6.83. The molecule has 7 heteroatoms. The van der Waals surface area contributed by atoms with Gasteiger partial charge in [0.2, 0.25) is 5.91 Å². The summed E-state index contributed by atoms with van der Waals surface area (Å²) in [5.74, 6) is -1.30. The summed E-state index contributed by atoms with van der Waals surface area (Å²) in [5, 5.41) is 0.498. The molecule has 1 aliphatic heterocycles. The predicted octanol–water partition coefficient (Wildman–Crippen LogP) is 3.02. The van der Waals surface area contributed by atoms with E-state index >= 15 is 0 Å². The van der Waals surface area contributed by atoms with Crippen LogP contribution in [0.25, 0.3) is 11.3 Å². The smallest absolute Gasteiger partial charge is 0.326 e. The first-order valence-corrected chi connectivity index (χ1v) is 8.72. The second-order valence-electron chi connectivity index (χ2n) is 6.22. The number of H-pyrrole nitrogens is 1. The number of nitrogens with one attached hydrogen (secondary N) is 1. The minimum absolute atomic E-state index is 0.225. The molecule has 136 valence electrons. The van der Waals surface area contributed by atoms with Gasteiger partial charge in [0, 0.05) is 16.1 Å². The van der Waals surface area contributed by atoms with Gasteiger partial charge in [-0.2, -0.15) is 0 Å². The molecule has 1 atom stereocenters. The maximum atomic E-state index is 13.1. The Hall–Kier alpha value is -2.60. The molecule has 0 radical (unpaired) electrons. The van der Waals surface area contributed by atoms with Gasteiger partial charge in [0.1, 0.15) is 6.54 Å². The number of benzene rings is 1. The lowest BCUT2D eigenvalue weighted by Crippen LogP contribution is -2.39. The Kier molecular flexibility index (Phi) is 4.87. The highest BCUT2D eigenvalue weighted by Crippen LogP contribution is 2.40. The lowest BCUT2D eigenvalue weighted by molar-refractivity contribution is -0.142. The van der Waals surface area contributed by atoms with Gasteiger partial charge in [0.25, 0.3) is 5.56 Å². The van der Waals surface area contributed by atoms with E-state index in [0.29, 0.717) is 33.1 Å². The van der Waals surface area contributed by atoms with Crippen LogP contribution in [0.5, 0.6) is 0 Å². The molecule has 0 bridgehead atoms. The minimum atomic E-state index is -0.533. The lowest BCUT2D eigenvalue weighted by atomic mass is 9.94. The summed E-state index contributed by atoms with van der Waals surface area (Å²) < 4.78 is 5.01. The number of amides is 1. The number of halogens is 1. The van der Waals surface area contributed by atoms with E-state index in [2.05, 4.69) is 4.98 Å². The summed E-state index contributed by atoms with van der Waals surface area (Å²) >= 11 is 6.12. The van der Waals surface area contributed by atoms with E-state index < -0.39 is 11.9 Å². The molecule has 2 heterocycles. The highest BCUT2D eigenvalue weighted by Gasteiger charge is 2.33. The van der Waals surface area contributed by atoms with Gasteiger partial charge >= 0.3 is 5.97 Å². The Morgan fingerprint density at radius 3 is 2.73 bits per heavy atom. The van der Waals surface area contributed by atoms with E-state index in [1.807, 2.05) is 0 Å². The molecule has 1 N–H and O–H groups in total. The fourth-order valence-corrected chi connectivity index (χ4v) is 3.32. The number of anilines is 1. The van der Waals surface area contributed by atoms with Gasteiger partial charge < -0.3 is 9.72 Å². The van der Waals surface area contributed by atoms with Crippen molar-refractivity contribution in [3.63, 3.8) is 0 Å². The number of ether oxygens (including phenoxy) is 1. The van der Waals surface area contributed by atoms with Crippen molar-refractivity contribution in [1.29, 1.82) is 0 Å². The number of carbonyl (C=O) groups is 2. The van der Waals surface area contributed by atoms with Gasteiger partial charge in [0.15, 0.2) is 0 Å². The average molecular weight is 375 g/mol. The van der Waals surface area contributed by atoms with Crippen molar-refractivity contribution in [3.8, 4) is 11.3 Å². The first-order chi connectivity index (χ1) is 12.3. The van der Waals surface area contributed by atoms with Gasteiger partial charge in [-0.15, -0.1) is 0 Å². The SMILES string of the molecule is CCOC(=O)CN1C(=O)C(C)c2cc(Cl)ccc2-c2[nH]c(=O)c(C)cc21. The van der Waals surface area contributed by atoms with Crippen molar-refractivity contribution >= 4 is 29.2 Å². The maximum Gasteiger partial charge on any atom is 0.326 e. The van der Waals surface area contributed by atoms with E-state index in [9.17, 15) is 14.4 Å². The van der Waals surface area contributed by atoms with Crippen LogP contribution in [0.15, 0.2) is 29.1 Å². The van der Waals surface area contributed by atoms with E-state index in [1.54, 1.807) is 45.0 Å². The molecule has 3 rings (SSSR count).